The molecule has 0 saturated heterocycles. The fourth-order valence-electron chi connectivity index (χ4n) is 10.4. The van der Waals surface area contributed by atoms with Crippen LogP contribution in [0.4, 0.5) is 22.7 Å². The average molecular weight is 847 g/mol. The Bertz CT molecular complexity index is 3860. The highest BCUT2D eigenvalue weighted by Crippen LogP contribution is 2.50. The molecule has 0 radical (unpaired) electrons. The number of hydrogen-bond donors (Lipinski definition) is 0. The normalized spacial score (nSPS) is 12.5. The molecule has 66 heavy (non-hydrogen) atoms. The van der Waals surface area contributed by atoms with Gasteiger partial charge in [-0.2, -0.15) is 0 Å². The number of ether oxygens (including phenoxy) is 1. The molecule has 0 aliphatic carbocycles. The van der Waals surface area contributed by atoms with Gasteiger partial charge in [0, 0.05) is 56.7 Å². The number of rotatable bonds is 6. The van der Waals surface area contributed by atoms with Gasteiger partial charge >= 0.3 is 0 Å². The van der Waals surface area contributed by atoms with E-state index in [-0.39, 0.29) is 0 Å². The van der Waals surface area contributed by atoms with E-state index in [1.807, 2.05) is 12.3 Å². The van der Waals surface area contributed by atoms with Crippen LogP contribution in [-0.4, -0.2) is 16.1 Å². The molecular formula is C61H42N4O. The molecule has 0 amide bonds. The Kier molecular flexibility index (Phi) is 8.75. The summed E-state index contributed by atoms with van der Waals surface area (Å²) in [5.74, 6) is 1.56. The van der Waals surface area contributed by atoms with Gasteiger partial charge in [0.15, 0.2) is 0 Å². The van der Waals surface area contributed by atoms with Gasteiger partial charge < -0.3 is 14.5 Å². The number of hydrogen-bond acceptors (Lipinski definition) is 4. The summed E-state index contributed by atoms with van der Waals surface area (Å²) in [7, 11) is 0. The van der Waals surface area contributed by atoms with Gasteiger partial charge in [-0.25, -0.2) is 4.98 Å². The number of aryl methyl sites for hydroxylation is 1. The summed E-state index contributed by atoms with van der Waals surface area (Å²) >= 11 is 0. The summed E-state index contributed by atoms with van der Waals surface area (Å²) in [6, 6.07) is 78.4. The number of benzene rings is 9. The predicted molar refractivity (Wildman–Crippen MR) is 276 cm³/mol. The minimum absolute atomic E-state index is 0.624. The van der Waals surface area contributed by atoms with Crippen LogP contribution in [-0.2, 0) is 0 Å². The molecule has 1 aliphatic heterocycles. The van der Waals surface area contributed by atoms with Crippen molar-refractivity contribution in [3.63, 3.8) is 0 Å². The first kappa shape index (κ1) is 37.8. The van der Waals surface area contributed by atoms with Crippen molar-refractivity contribution in [1.29, 1.82) is 0 Å². The minimum atomic E-state index is 0.624. The van der Waals surface area contributed by atoms with E-state index < -0.39 is 0 Å². The minimum Gasteiger partial charge on any atom is -0.457 e. The molecule has 1 aliphatic rings. The molecule has 5 nitrogen and oxygen atoms in total. The van der Waals surface area contributed by atoms with Crippen molar-refractivity contribution in [2.75, 3.05) is 16.5 Å². The number of nitrogens with zero attached hydrogens (tertiary/aromatic N) is 4. The Morgan fingerprint density at radius 3 is 1.67 bits per heavy atom. The molecule has 4 heterocycles. The quantitative estimate of drug-likeness (QED) is 0.167. The Morgan fingerprint density at radius 1 is 0.439 bits per heavy atom. The molecule has 3 aromatic heterocycles. The van der Waals surface area contributed by atoms with Crippen LogP contribution >= 0.6 is 0 Å². The predicted octanol–water partition coefficient (Wildman–Crippen LogP) is 16.3. The van der Waals surface area contributed by atoms with Crippen molar-refractivity contribution < 1.29 is 4.74 Å². The third-order valence-electron chi connectivity index (χ3n) is 13.4. The van der Waals surface area contributed by atoms with Crippen molar-refractivity contribution in [3.8, 4) is 33.8 Å². The largest absolute Gasteiger partial charge is 0.457 e. The summed E-state index contributed by atoms with van der Waals surface area (Å²) in [6.07, 6.45) is 1.91. The molecule has 13 rings (SSSR count). The maximum absolute atomic E-state index is 7.02. The van der Waals surface area contributed by atoms with Gasteiger partial charge in [0.25, 0.3) is 0 Å². The number of anilines is 4. The maximum atomic E-state index is 7.02. The second-order valence-electron chi connectivity index (χ2n) is 17.2. The Hall–Kier alpha value is -8.67. The summed E-state index contributed by atoms with van der Waals surface area (Å²) in [6.45, 7) is 2.75. The molecule has 12 aromatic rings. The standard InChI is InChI=1S/C61H42N4O/c1-40-32-33-43(63-39-64(56-31-13-12-30-55(56)63)59-45(41-17-4-2-5-18-41)25-14-26-46(59)42-19-6-3-7-20-42)37-58(40)66-44-34-35-51-53-28-15-27-52-49-23-10-8-21-47(49)48-22-9-11-24-50(48)54-29-16-36-62-61(54)65(60(52)53)57(51)38-44/h2-38H,39H2,1H3. The highest BCUT2D eigenvalue weighted by molar-refractivity contribution is 6.24. The lowest BCUT2D eigenvalue weighted by molar-refractivity contribution is 0.479. The fraction of sp³-hybridized carbons (Fsp3) is 0.0328. The molecule has 0 saturated carbocycles. The van der Waals surface area contributed by atoms with Crippen LogP contribution in [0.1, 0.15) is 5.56 Å². The molecular weight excluding hydrogens is 805 g/mol. The lowest BCUT2D eigenvalue weighted by Gasteiger charge is -2.27. The third-order valence-corrected chi connectivity index (χ3v) is 13.4. The average Bonchev–Trinajstić information content (AvgIpc) is 3.94. The number of aromatic nitrogens is 2. The summed E-state index contributed by atoms with van der Waals surface area (Å²) in [5, 5.41) is 9.30. The van der Waals surface area contributed by atoms with Gasteiger partial charge in [0.2, 0.25) is 0 Å². The Balaban J connectivity index is 0.959. The number of fused-ring (bicyclic) bond motifs is 11. The van der Waals surface area contributed by atoms with E-state index in [0.29, 0.717) is 6.67 Å². The Morgan fingerprint density at radius 2 is 0.985 bits per heavy atom. The van der Waals surface area contributed by atoms with Gasteiger partial charge in [0.05, 0.1) is 28.1 Å². The van der Waals surface area contributed by atoms with E-state index in [1.165, 1.54) is 54.9 Å². The zero-order chi connectivity index (χ0) is 43.7. The molecule has 0 N–H and O–H groups in total. The summed E-state index contributed by atoms with van der Waals surface area (Å²) in [5.41, 5.74) is 13.4. The highest BCUT2D eigenvalue weighted by atomic mass is 16.5. The van der Waals surface area contributed by atoms with Gasteiger partial charge in [-0.3, -0.25) is 4.40 Å². The maximum Gasteiger partial charge on any atom is 0.145 e. The summed E-state index contributed by atoms with van der Waals surface area (Å²) in [4.78, 5) is 10.0. The Labute approximate surface area is 382 Å². The van der Waals surface area contributed by atoms with Crippen LogP contribution in [0.3, 0.4) is 0 Å². The first-order chi connectivity index (χ1) is 32.7. The lowest BCUT2D eigenvalue weighted by atomic mass is 9.95. The number of para-hydroxylation sites is 4. The van der Waals surface area contributed by atoms with E-state index >= 15 is 0 Å². The van der Waals surface area contributed by atoms with Gasteiger partial charge in [-0.1, -0.05) is 164 Å². The number of pyridine rings is 1. The van der Waals surface area contributed by atoms with Crippen LogP contribution in [0, 0.1) is 6.92 Å². The van der Waals surface area contributed by atoms with E-state index in [4.69, 9.17) is 9.72 Å². The van der Waals surface area contributed by atoms with E-state index in [2.05, 4.69) is 233 Å². The van der Waals surface area contributed by atoms with Crippen molar-refractivity contribution in [1.82, 2.24) is 9.38 Å². The van der Waals surface area contributed by atoms with Gasteiger partial charge in [-0.05, 0) is 87.6 Å². The fourth-order valence-corrected chi connectivity index (χ4v) is 10.4. The smallest absolute Gasteiger partial charge is 0.145 e. The van der Waals surface area contributed by atoms with Crippen LogP contribution < -0.4 is 14.5 Å². The molecule has 0 unspecified atom stereocenters. The van der Waals surface area contributed by atoms with E-state index in [9.17, 15) is 0 Å². The molecule has 312 valence electrons. The highest BCUT2D eigenvalue weighted by Gasteiger charge is 2.31. The molecule has 9 aromatic carbocycles. The van der Waals surface area contributed by atoms with Crippen molar-refractivity contribution in [2.45, 2.75) is 6.92 Å². The zero-order valence-electron chi connectivity index (χ0n) is 36.3. The third kappa shape index (κ3) is 5.97. The topological polar surface area (TPSA) is 33.0 Å². The zero-order valence-corrected chi connectivity index (χ0v) is 36.3. The van der Waals surface area contributed by atoms with E-state index in [0.717, 1.165) is 67.0 Å². The van der Waals surface area contributed by atoms with Crippen LogP contribution in [0.2, 0.25) is 0 Å². The molecule has 0 spiro atoms. The SMILES string of the molecule is Cc1ccc(N2CN(c3c(-c4ccccc4)cccc3-c3ccccc3)c3ccccc32)cc1Oc1ccc2c3cccc4c5ccccc5c5ccccc5c5cccnc5n(c2c1)c43. The monoisotopic (exact) mass is 846 g/mol. The van der Waals surface area contributed by atoms with Crippen molar-refractivity contribution in [2.24, 2.45) is 0 Å². The van der Waals surface area contributed by atoms with Gasteiger partial charge in [0.1, 0.15) is 23.8 Å². The van der Waals surface area contributed by atoms with E-state index in [1.54, 1.807) is 0 Å². The van der Waals surface area contributed by atoms with Crippen molar-refractivity contribution in [3.05, 3.63) is 230 Å². The first-order valence-electron chi connectivity index (χ1n) is 22.6. The first-order valence-corrected chi connectivity index (χ1v) is 22.6. The molecule has 0 atom stereocenters. The van der Waals surface area contributed by atoms with Gasteiger partial charge in [-0.15, -0.1) is 0 Å². The lowest BCUT2D eigenvalue weighted by Crippen LogP contribution is -2.25. The second-order valence-corrected chi connectivity index (χ2v) is 17.2. The molecule has 0 fully saturated rings. The van der Waals surface area contributed by atoms with Crippen LogP contribution in [0.25, 0.3) is 82.0 Å². The molecule has 5 heteroatoms. The second kappa shape index (κ2) is 15.3. The van der Waals surface area contributed by atoms with Crippen LogP contribution in [0.5, 0.6) is 11.5 Å². The summed E-state index contributed by atoms with van der Waals surface area (Å²) < 4.78 is 9.38. The van der Waals surface area contributed by atoms with Crippen molar-refractivity contribution >= 4 is 82.5 Å². The molecule has 0 bridgehead atoms. The van der Waals surface area contributed by atoms with Crippen LogP contribution in [0.15, 0.2) is 225 Å².